The Kier molecular flexibility index (Phi) is 5.55. The van der Waals surface area contributed by atoms with Crippen LogP contribution in [0.4, 0.5) is 5.69 Å². The van der Waals surface area contributed by atoms with Crippen molar-refractivity contribution in [1.82, 2.24) is 4.90 Å². The van der Waals surface area contributed by atoms with Gasteiger partial charge in [-0.25, -0.2) is 0 Å². The van der Waals surface area contributed by atoms with Crippen molar-refractivity contribution in [3.05, 3.63) is 23.2 Å². The number of halogens is 1. The Morgan fingerprint density at radius 3 is 3.00 bits per heavy atom. The third kappa shape index (κ3) is 3.80. The summed E-state index contributed by atoms with van der Waals surface area (Å²) in [7, 11) is 1.68. The van der Waals surface area contributed by atoms with Crippen molar-refractivity contribution >= 4 is 17.3 Å². The number of piperidine rings is 1. The number of nitrogens with one attached hydrogen (secondary N) is 1. The molecule has 0 bridgehead atoms. The van der Waals surface area contributed by atoms with Crippen LogP contribution in [0.5, 0.6) is 5.75 Å². The monoisotopic (exact) mass is 296 g/mol. The molecule has 1 N–H and O–H groups in total. The van der Waals surface area contributed by atoms with E-state index in [2.05, 4.69) is 24.1 Å². The van der Waals surface area contributed by atoms with Crippen LogP contribution in [-0.4, -0.2) is 37.7 Å². The molecule has 1 aliphatic heterocycles. The average molecular weight is 297 g/mol. The number of nitrogens with zero attached hydrogens (tertiary/aromatic N) is 1. The first-order chi connectivity index (χ1) is 9.63. The number of likely N-dealkylation sites (tertiary alicyclic amines) is 1. The fourth-order valence-electron chi connectivity index (χ4n) is 2.89. The Morgan fingerprint density at radius 1 is 1.50 bits per heavy atom. The molecule has 3 nitrogen and oxygen atoms in total. The maximum Gasteiger partial charge on any atom is 0.121 e. The fraction of sp³-hybridized carbons (Fsp3) is 0.625. The van der Waals surface area contributed by atoms with Crippen LogP contribution in [0.3, 0.4) is 0 Å². The minimum Gasteiger partial charge on any atom is -0.497 e. The van der Waals surface area contributed by atoms with Crippen molar-refractivity contribution in [3.8, 4) is 5.75 Å². The third-order valence-electron chi connectivity index (χ3n) is 4.25. The molecule has 0 radical (unpaired) electrons. The van der Waals surface area contributed by atoms with Gasteiger partial charge in [-0.05, 0) is 50.9 Å². The lowest BCUT2D eigenvalue weighted by atomic mass is 9.91. The Hall–Kier alpha value is -0.930. The highest BCUT2D eigenvalue weighted by Gasteiger charge is 2.24. The number of ether oxygens (including phenoxy) is 1. The largest absolute Gasteiger partial charge is 0.497 e. The molecule has 1 aromatic rings. The second-order valence-corrected chi connectivity index (χ2v) is 5.98. The highest BCUT2D eigenvalue weighted by Crippen LogP contribution is 2.29. The minimum atomic E-state index is 0.411. The van der Waals surface area contributed by atoms with Gasteiger partial charge in [0.25, 0.3) is 0 Å². The lowest BCUT2D eigenvalue weighted by molar-refractivity contribution is 0.172. The molecular formula is C16H25ClN2O. The van der Waals surface area contributed by atoms with Crippen LogP contribution in [0.25, 0.3) is 0 Å². The summed E-state index contributed by atoms with van der Waals surface area (Å²) in [5.74, 6) is 1.51. The molecular weight excluding hydrogens is 272 g/mol. The molecule has 2 rings (SSSR count). The Labute approximate surface area is 127 Å². The predicted octanol–water partition coefficient (Wildman–Crippen LogP) is 3.88. The molecule has 0 aromatic heterocycles. The minimum absolute atomic E-state index is 0.411. The molecule has 1 heterocycles. The molecule has 1 saturated heterocycles. The van der Waals surface area contributed by atoms with Crippen LogP contribution >= 0.6 is 11.6 Å². The Bertz CT molecular complexity index is 438. The molecule has 2 unspecified atom stereocenters. The van der Waals surface area contributed by atoms with E-state index in [9.17, 15) is 0 Å². The van der Waals surface area contributed by atoms with Crippen LogP contribution in [0, 0.1) is 5.92 Å². The van der Waals surface area contributed by atoms with E-state index in [4.69, 9.17) is 16.3 Å². The van der Waals surface area contributed by atoms with Crippen LogP contribution in [0.2, 0.25) is 5.02 Å². The molecule has 1 aromatic carbocycles. The Morgan fingerprint density at radius 2 is 2.30 bits per heavy atom. The van der Waals surface area contributed by atoms with Gasteiger partial charge in [0.2, 0.25) is 0 Å². The first-order valence-electron chi connectivity index (χ1n) is 7.46. The maximum atomic E-state index is 6.26. The van der Waals surface area contributed by atoms with Crippen LogP contribution in [0.15, 0.2) is 18.2 Å². The number of rotatable bonds is 5. The van der Waals surface area contributed by atoms with Gasteiger partial charge in [0.15, 0.2) is 0 Å². The number of hydrogen-bond donors (Lipinski definition) is 1. The quantitative estimate of drug-likeness (QED) is 0.892. The first-order valence-corrected chi connectivity index (χ1v) is 7.84. The topological polar surface area (TPSA) is 24.5 Å². The SMILES string of the molecule is CCN1CCCC(C(C)Nc2cc(OC)ccc2Cl)C1. The zero-order chi connectivity index (χ0) is 14.5. The van der Waals surface area contributed by atoms with Gasteiger partial charge in [0, 0.05) is 18.7 Å². The summed E-state index contributed by atoms with van der Waals surface area (Å²) in [4.78, 5) is 2.53. The van der Waals surface area contributed by atoms with E-state index in [0.29, 0.717) is 12.0 Å². The van der Waals surface area contributed by atoms with Crippen molar-refractivity contribution in [3.63, 3.8) is 0 Å². The molecule has 20 heavy (non-hydrogen) atoms. The van der Waals surface area contributed by atoms with Gasteiger partial charge in [0.05, 0.1) is 17.8 Å². The lowest BCUT2D eigenvalue weighted by Gasteiger charge is -2.36. The van der Waals surface area contributed by atoms with Gasteiger partial charge in [-0.3, -0.25) is 0 Å². The lowest BCUT2D eigenvalue weighted by Crippen LogP contribution is -2.41. The molecule has 0 aliphatic carbocycles. The predicted molar refractivity (Wildman–Crippen MR) is 85.9 cm³/mol. The number of benzene rings is 1. The summed E-state index contributed by atoms with van der Waals surface area (Å²) in [6, 6.07) is 6.15. The van der Waals surface area contributed by atoms with Gasteiger partial charge >= 0.3 is 0 Å². The molecule has 0 spiro atoms. The molecule has 112 valence electrons. The first kappa shape index (κ1) is 15.5. The van der Waals surface area contributed by atoms with E-state index in [0.717, 1.165) is 23.0 Å². The summed E-state index contributed by atoms with van der Waals surface area (Å²) >= 11 is 6.26. The van der Waals surface area contributed by atoms with Crippen LogP contribution in [-0.2, 0) is 0 Å². The van der Waals surface area contributed by atoms with E-state index in [-0.39, 0.29) is 0 Å². The summed E-state index contributed by atoms with van der Waals surface area (Å²) in [5.41, 5.74) is 0.965. The summed E-state index contributed by atoms with van der Waals surface area (Å²) in [6.45, 7) is 8.04. The molecule has 2 atom stereocenters. The smallest absolute Gasteiger partial charge is 0.121 e. The van der Waals surface area contributed by atoms with E-state index in [1.54, 1.807) is 7.11 Å². The van der Waals surface area contributed by atoms with Crippen molar-refractivity contribution in [2.75, 3.05) is 32.1 Å². The summed E-state index contributed by atoms with van der Waals surface area (Å²) in [6.07, 6.45) is 2.57. The van der Waals surface area contributed by atoms with Crippen molar-refractivity contribution < 1.29 is 4.74 Å². The van der Waals surface area contributed by atoms with E-state index >= 15 is 0 Å². The zero-order valence-corrected chi connectivity index (χ0v) is 13.4. The molecule has 0 amide bonds. The number of anilines is 1. The van der Waals surface area contributed by atoms with Gasteiger partial charge in [-0.1, -0.05) is 18.5 Å². The zero-order valence-electron chi connectivity index (χ0n) is 12.7. The van der Waals surface area contributed by atoms with Crippen molar-refractivity contribution in [2.24, 2.45) is 5.92 Å². The van der Waals surface area contributed by atoms with Gasteiger partial charge < -0.3 is 15.0 Å². The number of methoxy groups -OCH3 is 1. The standard InChI is InChI=1S/C16H25ClN2O/c1-4-19-9-5-6-13(11-19)12(2)18-16-10-14(20-3)7-8-15(16)17/h7-8,10,12-13,18H,4-6,9,11H2,1-3H3. The normalized spacial score (nSPS) is 21.5. The molecule has 0 saturated carbocycles. The molecule has 1 aliphatic rings. The van der Waals surface area contributed by atoms with Crippen molar-refractivity contribution in [2.45, 2.75) is 32.7 Å². The molecule has 4 heteroatoms. The summed E-state index contributed by atoms with van der Waals surface area (Å²) in [5, 5.41) is 4.31. The van der Waals surface area contributed by atoms with Crippen molar-refractivity contribution in [1.29, 1.82) is 0 Å². The van der Waals surface area contributed by atoms with E-state index in [1.165, 1.54) is 25.9 Å². The van der Waals surface area contributed by atoms with E-state index < -0.39 is 0 Å². The second-order valence-electron chi connectivity index (χ2n) is 5.57. The van der Waals surface area contributed by atoms with Crippen LogP contribution < -0.4 is 10.1 Å². The van der Waals surface area contributed by atoms with Gasteiger partial charge in [-0.2, -0.15) is 0 Å². The highest BCUT2D eigenvalue weighted by molar-refractivity contribution is 6.33. The fourth-order valence-corrected chi connectivity index (χ4v) is 3.06. The maximum absolute atomic E-state index is 6.26. The van der Waals surface area contributed by atoms with Gasteiger partial charge in [0.1, 0.15) is 5.75 Å². The average Bonchev–Trinajstić information content (AvgIpc) is 2.49. The molecule has 1 fully saturated rings. The summed E-state index contributed by atoms with van der Waals surface area (Å²) < 4.78 is 5.26. The Balaban J connectivity index is 2.01. The second kappa shape index (κ2) is 7.19. The van der Waals surface area contributed by atoms with Gasteiger partial charge in [-0.15, -0.1) is 0 Å². The number of hydrogen-bond acceptors (Lipinski definition) is 3. The van der Waals surface area contributed by atoms with E-state index in [1.807, 2.05) is 18.2 Å². The third-order valence-corrected chi connectivity index (χ3v) is 4.58. The highest BCUT2D eigenvalue weighted by atomic mass is 35.5. The van der Waals surface area contributed by atoms with Crippen LogP contribution in [0.1, 0.15) is 26.7 Å².